The van der Waals surface area contributed by atoms with E-state index in [-0.39, 0.29) is 5.91 Å². The number of rotatable bonds is 5. The number of hydrogen-bond acceptors (Lipinski definition) is 2. The van der Waals surface area contributed by atoms with Crippen LogP contribution in [0.1, 0.15) is 49.1 Å². The van der Waals surface area contributed by atoms with E-state index in [0.717, 1.165) is 44.6 Å². The third kappa shape index (κ3) is 4.41. The van der Waals surface area contributed by atoms with Crippen LogP contribution in [0.5, 0.6) is 0 Å². The maximum absolute atomic E-state index is 12.4. The van der Waals surface area contributed by atoms with Crippen LogP contribution in [0.15, 0.2) is 54.6 Å². The second-order valence-electron chi connectivity index (χ2n) is 7.93. The average Bonchev–Trinajstić information content (AvgIpc) is 2.74. The fourth-order valence-electron chi connectivity index (χ4n) is 4.58. The van der Waals surface area contributed by atoms with E-state index in [1.54, 1.807) is 0 Å². The van der Waals surface area contributed by atoms with Crippen molar-refractivity contribution >= 4 is 11.6 Å². The van der Waals surface area contributed by atoms with Crippen LogP contribution < -0.4 is 4.90 Å². The van der Waals surface area contributed by atoms with Gasteiger partial charge < -0.3 is 9.80 Å². The number of hydrogen-bond donors (Lipinski definition) is 0. The molecule has 3 nitrogen and oxygen atoms in total. The second-order valence-corrected chi connectivity index (χ2v) is 7.93. The second kappa shape index (κ2) is 8.71. The molecule has 1 unspecified atom stereocenters. The minimum Gasteiger partial charge on any atom is -0.312 e. The van der Waals surface area contributed by atoms with E-state index < -0.39 is 0 Å². The normalized spacial score (nSPS) is 21.4. The average molecular weight is 363 g/mol. The van der Waals surface area contributed by atoms with E-state index in [0.29, 0.717) is 12.3 Å². The monoisotopic (exact) mass is 362 g/mol. The van der Waals surface area contributed by atoms with E-state index in [4.69, 9.17) is 0 Å². The summed E-state index contributed by atoms with van der Waals surface area (Å²) in [6, 6.07) is 19.4. The highest BCUT2D eigenvalue weighted by Gasteiger charge is 2.23. The molecule has 1 atom stereocenters. The Kier molecular flexibility index (Phi) is 5.88. The van der Waals surface area contributed by atoms with Crippen molar-refractivity contribution in [3.63, 3.8) is 0 Å². The summed E-state index contributed by atoms with van der Waals surface area (Å²) in [7, 11) is 0. The number of para-hydroxylation sites is 1. The summed E-state index contributed by atoms with van der Waals surface area (Å²) in [5, 5.41) is 0. The maximum Gasteiger partial charge on any atom is 0.226 e. The van der Waals surface area contributed by atoms with Gasteiger partial charge in [0, 0.05) is 31.7 Å². The van der Waals surface area contributed by atoms with Crippen LogP contribution in [-0.2, 0) is 11.2 Å². The van der Waals surface area contributed by atoms with Gasteiger partial charge in [-0.2, -0.15) is 0 Å². The largest absolute Gasteiger partial charge is 0.312 e. The molecule has 2 fully saturated rings. The summed E-state index contributed by atoms with van der Waals surface area (Å²) in [5.74, 6) is 0.940. The van der Waals surface area contributed by atoms with Gasteiger partial charge in [0.25, 0.3) is 0 Å². The first kappa shape index (κ1) is 18.2. The van der Waals surface area contributed by atoms with E-state index in [1.165, 1.54) is 30.5 Å². The summed E-state index contributed by atoms with van der Waals surface area (Å²) >= 11 is 0. The molecule has 2 heterocycles. The third-order valence-corrected chi connectivity index (χ3v) is 6.08. The lowest BCUT2D eigenvalue weighted by molar-refractivity contribution is -0.119. The molecule has 0 aliphatic carbocycles. The zero-order valence-corrected chi connectivity index (χ0v) is 16.1. The molecule has 0 saturated carbocycles. The van der Waals surface area contributed by atoms with Gasteiger partial charge in [-0.3, -0.25) is 4.79 Å². The first-order chi connectivity index (χ1) is 13.3. The molecule has 4 rings (SSSR count). The zero-order chi connectivity index (χ0) is 18.5. The quantitative estimate of drug-likeness (QED) is 0.774. The SMILES string of the molecule is O=C1CCCCN1c1ccccc1CCN1CCCC(c2ccccc2)C1. The van der Waals surface area contributed by atoms with Crippen molar-refractivity contribution in [1.82, 2.24) is 4.90 Å². The van der Waals surface area contributed by atoms with Crippen molar-refractivity contribution in [3.05, 3.63) is 65.7 Å². The molecule has 0 spiro atoms. The van der Waals surface area contributed by atoms with Crippen LogP contribution in [0, 0.1) is 0 Å². The number of piperidine rings is 2. The minimum absolute atomic E-state index is 0.288. The first-order valence-electron chi connectivity index (χ1n) is 10.5. The molecule has 0 radical (unpaired) electrons. The maximum atomic E-state index is 12.4. The number of amides is 1. The molecule has 2 aromatic carbocycles. The smallest absolute Gasteiger partial charge is 0.226 e. The van der Waals surface area contributed by atoms with Crippen molar-refractivity contribution < 1.29 is 4.79 Å². The van der Waals surface area contributed by atoms with Crippen LogP contribution in [0.25, 0.3) is 0 Å². The number of carbonyl (C=O) groups excluding carboxylic acids is 1. The minimum atomic E-state index is 0.288. The fourth-order valence-corrected chi connectivity index (χ4v) is 4.58. The van der Waals surface area contributed by atoms with E-state index in [2.05, 4.69) is 59.5 Å². The molecule has 2 aromatic rings. The lowest BCUT2D eigenvalue weighted by Gasteiger charge is -2.34. The highest BCUT2D eigenvalue weighted by atomic mass is 16.2. The fraction of sp³-hybridized carbons (Fsp3) is 0.458. The Balaban J connectivity index is 1.41. The molecule has 2 aliphatic heterocycles. The predicted octanol–water partition coefficient (Wildman–Crippen LogP) is 4.63. The van der Waals surface area contributed by atoms with Crippen molar-refractivity contribution in [2.45, 2.75) is 44.4 Å². The molecule has 142 valence electrons. The van der Waals surface area contributed by atoms with Gasteiger partial charge >= 0.3 is 0 Å². The van der Waals surface area contributed by atoms with E-state index in [9.17, 15) is 4.79 Å². The van der Waals surface area contributed by atoms with Crippen molar-refractivity contribution in [1.29, 1.82) is 0 Å². The highest BCUT2D eigenvalue weighted by Crippen LogP contribution is 2.28. The van der Waals surface area contributed by atoms with Gasteiger partial charge in [0.1, 0.15) is 0 Å². The van der Waals surface area contributed by atoms with Gasteiger partial charge in [0.15, 0.2) is 0 Å². The van der Waals surface area contributed by atoms with Crippen LogP contribution >= 0.6 is 0 Å². The Morgan fingerprint density at radius 3 is 2.56 bits per heavy atom. The summed E-state index contributed by atoms with van der Waals surface area (Å²) in [6.45, 7) is 4.28. The van der Waals surface area contributed by atoms with Gasteiger partial charge in [-0.1, -0.05) is 48.5 Å². The third-order valence-electron chi connectivity index (χ3n) is 6.08. The molecule has 27 heavy (non-hydrogen) atoms. The topological polar surface area (TPSA) is 23.6 Å². The van der Waals surface area contributed by atoms with Crippen LogP contribution in [0.3, 0.4) is 0 Å². The van der Waals surface area contributed by atoms with Crippen molar-refractivity contribution in [2.24, 2.45) is 0 Å². The van der Waals surface area contributed by atoms with Gasteiger partial charge in [-0.25, -0.2) is 0 Å². The number of nitrogens with zero attached hydrogens (tertiary/aromatic N) is 2. The Hall–Kier alpha value is -2.13. The van der Waals surface area contributed by atoms with Gasteiger partial charge in [0.05, 0.1) is 0 Å². The number of carbonyl (C=O) groups is 1. The van der Waals surface area contributed by atoms with Gasteiger partial charge in [-0.15, -0.1) is 0 Å². The lowest BCUT2D eigenvalue weighted by Crippen LogP contribution is -2.37. The van der Waals surface area contributed by atoms with Crippen molar-refractivity contribution in [3.8, 4) is 0 Å². The summed E-state index contributed by atoms with van der Waals surface area (Å²) in [4.78, 5) is 17.0. The Morgan fingerprint density at radius 1 is 0.889 bits per heavy atom. The Labute approximate surface area is 163 Å². The number of likely N-dealkylation sites (tertiary alicyclic amines) is 1. The van der Waals surface area contributed by atoms with Gasteiger partial charge in [0.2, 0.25) is 5.91 Å². The summed E-state index contributed by atoms with van der Waals surface area (Å²) in [5.41, 5.74) is 3.93. The lowest BCUT2D eigenvalue weighted by atomic mass is 9.90. The molecule has 2 saturated heterocycles. The Bertz CT molecular complexity index is 758. The molecular weight excluding hydrogens is 332 g/mol. The number of benzene rings is 2. The predicted molar refractivity (Wildman–Crippen MR) is 111 cm³/mol. The summed E-state index contributed by atoms with van der Waals surface area (Å²) in [6.07, 6.45) is 6.42. The first-order valence-corrected chi connectivity index (χ1v) is 10.5. The van der Waals surface area contributed by atoms with Crippen LogP contribution in [-0.4, -0.2) is 37.0 Å². The molecule has 2 aliphatic rings. The van der Waals surface area contributed by atoms with E-state index in [1.807, 2.05) is 4.90 Å². The highest BCUT2D eigenvalue weighted by molar-refractivity contribution is 5.94. The van der Waals surface area contributed by atoms with Crippen LogP contribution in [0.2, 0.25) is 0 Å². The summed E-state index contributed by atoms with van der Waals surface area (Å²) < 4.78 is 0. The molecule has 0 bridgehead atoms. The van der Waals surface area contributed by atoms with E-state index >= 15 is 0 Å². The van der Waals surface area contributed by atoms with Crippen LogP contribution in [0.4, 0.5) is 5.69 Å². The zero-order valence-electron chi connectivity index (χ0n) is 16.1. The molecule has 0 aromatic heterocycles. The number of anilines is 1. The molecule has 3 heteroatoms. The Morgan fingerprint density at radius 2 is 1.70 bits per heavy atom. The molecule has 0 N–H and O–H groups in total. The standard InChI is InChI=1S/C24H30N2O/c27-24-14-6-7-17-26(24)23-13-5-4-11-21(23)15-18-25-16-8-12-22(19-25)20-9-2-1-3-10-20/h1-5,9-11,13,22H,6-8,12,14-19H2. The van der Waals surface area contributed by atoms with Gasteiger partial charge in [-0.05, 0) is 61.8 Å². The molecular formula is C24H30N2O. The molecule has 1 amide bonds. The van der Waals surface area contributed by atoms with Crippen molar-refractivity contribution in [2.75, 3.05) is 31.1 Å².